The van der Waals surface area contributed by atoms with Crippen molar-refractivity contribution in [1.82, 2.24) is 10.2 Å². The number of nitrogens with two attached hydrogens (primary N) is 1. The molecule has 1 rings (SSSR count). The van der Waals surface area contributed by atoms with Crippen LogP contribution in [0.2, 0.25) is 0 Å². The Morgan fingerprint density at radius 2 is 2.40 bits per heavy atom. The maximum Gasteiger partial charge on any atom is 0.207 e. The second-order valence-electron chi connectivity index (χ2n) is 1.87. The van der Waals surface area contributed by atoms with E-state index in [2.05, 4.69) is 22.4 Å². The molecule has 0 saturated heterocycles. The molecule has 0 spiro atoms. The predicted octanol–water partition coefficient (Wildman–Crippen LogP) is 0.942. The van der Waals surface area contributed by atoms with Gasteiger partial charge in [0.1, 0.15) is 0 Å². The summed E-state index contributed by atoms with van der Waals surface area (Å²) in [4.78, 5) is 0. The molecule has 3 N–H and O–H groups in total. The molecule has 0 unspecified atom stereocenters. The van der Waals surface area contributed by atoms with E-state index in [0.29, 0.717) is 5.13 Å². The van der Waals surface area contributed by atoms with Crippen LogP contribution in [-0.2, 0) is 0 Å². The molecule has 10 heavy (non-hydrogen) atoms. The zero-order chi connectivity index (χ0) is 7.40. The zero-order valence-corrected chi connectivity index (χ0v) is 6.61. The summed E-state index contributed by atoms with van der Waals surface area (Å²) < 4.78 is 0. The standard InChI is InChI=1S/C5H10N4S/c1-2-3-7-5-9-8-4(6)10-5/h2-3H2,1H3,(H2,6,8)(H,7,9). The van der Waals surface area contributed by atoms with Gasteiger partial charge in [-0.15, -0.1) is 10.2 Å². The van der Waals surface area contributed by atoms with Crippen molar-refractivity contribution >= 4 is 21.6 Å². The number of aromatic nitrogens is 2. The maximum absolute atomic E-state index is 5.36. The zero-order valence-electron chi connectivity index (χ0n) is 5.79. The van der Waals surface area contributed by atoms with Crippen molar-refractivity contribution in [1.29, 1.82) is 0 Å². The molecule has 0 amide bonds. The average molecular weight is 158 g/mol. The molecular weight excluding hydrogens is 148 g/mol. The van der Waals surface area contributed by atoms with Crippen LogP contribution in [0.4, 0.5) is 10.3 Å². The van der Waals surface area contributed by atoms with Crippen molar-refractivity contribution in [3.8, 4) is 0 Å². The van der Waals surface area contributed by atoms with E-state index in [4.69, 9.17) is 5.73 Å². The Labute approximate surface area is 63.5 Å². The van der Waals surface area contributed by atoms with Gasteiger partial charge in [0.25, 0.3) is 0 Å². The Morgan fingerprint density at radius 3 is 2.90 bits per heavy atom. The van der Waals surface area contributed by atoms with Crippen LogP contribution in [0.15, 0.2) is 0 Å². The predicted molar refractivity (Wildman–Crippen MR) is 43.1 cm³/mol. The van der Waals surface area contributed by atoms with Crippen LogP contribution in [0.1, 0.15) is 13.3 Å². The molecule has 1 aromatic heterocycles. The van der Waals surface area contributed by atoms with Gasteiger partial charge in [-0.25, -0.2) is 0 Å². The molecule has 56 valence electrons. The van der Waals surface area contributed by atoms with Crippen LogP contribution in [0, 0.1) is 0 Å². The van der Waals surface area contributed by atoms with Crippen molar-refractivity contribution in [3.63, 3.8) is 0 Å². The quantitative estimate of drug-likeness (QED) is 0.687. The molecule has 0 atom stereocenters. The van der Waals surface area contributed by atoms with Gasteiger partial charge < -0.3 is 11.1 Å². The third kappa shape index (κ3) is 1.84. The molecule has 5 heteroatoms. The van der Waals surface area contributed by atoms with Crippen molar-refractivity contribution < 1.29 is 0 Å². The number of nitrogens with one attached hydrogen (secondary N) is 1. The van der Waals surface area contributed by atoms with E-state index in [-0.39, 0.29) is 0 Å². The Hall–Kier alpha value is -0.840. The molecule has 0 bridgehead atoms. The lowest BCUT2D eigenvalue weighted by Crippen LogP contribution is -1.98. The largest absolute Gasteiger partial charge is 0.374 e. The van der Waals surface area contributed by atoms with E-state index in [1.54, 1.807) is 0 Å². The Balaban J connectivity index is 2.42. The highest BCUT2D eigenvalue weighted by Crippen LogP contribution is 2.15. The molecule has 4 nitrogen and oxygen atoms in total. The van der Waals surface area contributed by atoms with Gasteiger partial charge in [0, 0.05) is 6.54 Å². The van der Waals surface area contributed by atoms with Gasteiger partial charge in [0.05, 0.1) is 0 Å². The van der Waals surface area contributed by atoms with Gasteiger partial charge in [0.15, 0.2) is 0 Å². The summed E-state index contributed by atoms with van der Waals surface area (Å²) in [6.07, 6.45) is 1.08. The fourth-order valence-electron chi connectivity index (χ4n) is 0.538. The first-order valence-electron chi connectivity index (χ1n) is 3.15. The highest BCUT2D eigenvalue weighted by molar-refractivity contribution is 7.18. The van der Waals surface area contributed by atoms with Crippen molar-refractivity contribution in [2.75, 3.05) is 17.6 Å². The first-order valence-corrected chi connectivity index (χ1v) is 3.97. The number of anilines is 2. The minimum Gasteiger partial charge on any atom is -0.374 e. The lowest BCUT2D eigenvalue weighted by atomic mass is 10.5. The smallest absolute Gasteiger partial charge is 0.207 e. The van der Waals surface area contributed by atoms with Gasteiger partial charge in [-0.1, -0.05) is 18.3 Å². The van der Waals surface area contributed by atoms with Crippen molar-refractivity contribution in [2.24, 2.45) is 0 Å². The third-order valence-electron chi connectivity index (χ3n) is 0.967. The molecule has 0 aliphatic carbocycles. The Morgan fingerprint density at radius 1 is 1.60 bits per heavy atom. The Bertz CT molecular complexity index is 197. The fourth-order valence-corrected chi connectivity index (χ4v) is 1.07. The van der Waals surface area contributed by atoms with Crippen LogP contribution in [-0.4, -0.2) is 16.7 Å². The summed E-state index contributed by atoms with van der Waals surface area (Å²) in [5.74, 6) is 0. The van der Waals surface area contributed by atoms with Gasteiger partial charge >= 0.3 is 0 Å². The van der Waals surface area contributed by atoms with E-state index in [1.807, 2.05) is 0 Å². The summed E-state index contributed by atoms with van der Waals surface area (Å²) in [6.45, 7) is 3.02. The second kappa shape index (κ2) is 3.36. The van der Waals surface area contributed by atoms with Crippen LogP contribution in [0.3, 0.4) is 0 Å². The highest BCUT2D eigenvalue weighted by atomic mass is 32.1. The first kappa shape index (κ1) is 7.27. The average Bonchev–Trinajstić information content (AvgIpc) is 2.31. The second-order valence-corrected chi connectivity index (χ2v) is 2.88. The van der Waals surface area contributed by atoms with Gasteiger partial charge in [0.2, 0.25) is 10.3 Å². The van der Waals surface area contributed by atoms with Gasteiger partial charge in [-0.2, -0.15) is 0 Å². The minimum absolute atomic E-state index is 0.513. The van der Waals surface area contributed by atoms with E-state index in [1.165, 1.54) is 11.3 Å². The number of hydrogen-bond acceptors (Lipinski definition) is 5. The van der Waals surface area contributed by atoms with E-state index < -0.39 is 0 Å². The number of rotatable bonds is 3. The van der Waals surface area contributed by atoms with Crippen molar-refractivity contribution in [3.05, 3.63) is 0 Å². The number of nitrogens with zero attached hydrogens (tertiary/aromatic N) is 2. The molecule has 1 aromatic rings. The molecule has 0 aliphatic rings. The number of nitrogen functional groups attached to an aromatic ring is 1. The molecule has 0 aromatic carbocycles. The van der Waals surface area contributed by atoms with Crippen molar-refractivity contribution in [2.45, 2.75) is 13.3 Å². The SMILES string of the molecule is CCCNc1nnc(N)s1. The normalized spacial score (nSPS) is 9.70. The summed E-state index contributed by atoms with van der Waals surface area (Å²) >= 11 is 1.37. The molecule has 0 fully saturated rings. The Kier molecular flexibility index (Phi) is 2.44. The lowest BCUT2D eigenvalue weighted by molar-refractivity contribution is 0.964. The van der Waals surface area contributed by atoms with Gasteiger partial charge in [-0.3, -0.25) is 0 Å². The maximum atomic E-state index is 5.36. The van der Waals surface area contributed by atoms with Crippen LogP contribution < -0.4 is 11.1 Å². The summed E-state index contributed by atoms with van der Waals surface area (Å²) in [7, 11) is 0. The minimum atomic E-state index is 0.513. The van der Waals surface area contributed by atoms with E-state index in [0.717, 1.165) is 18.1 Å². The number of hydrogen-bond donors (Lipinski definition) is 2. The fraction of sp³-hybridized carbons (Fsp3) is 0.600. The molecular formula is C5H10N4S. The lowest BCUT2D eigenvalue weighted by Gasteiger charge is -1.94. The van der Waals surface area contributed by atoms with Crippen LogP contribution in [0.25, 0.3) is 0 Å². The van der Waals surface area contributed by atoms with Gasteiger partial charge in [-0.05, 0) is 6.42 Å². The summed E-state index contributed by atoms with van der Waals surface area (Å²) in [6, 6.07) is 0. The van der Waals surface area contributed by atoms with Crippen LogP contribution >= 0.6 is 11.3 Å². The third-order valence-corrected chi connectivity index (χ3v) is 1.68. The summed E-state index contributed by atoms with van der Waals surface area (Å²) in [5.41, 5.74) is 5.36. The molecule has 0 aliphatic heterocycles. The molecule has 0 saturated carbocycles. The molecule has 1 heterocycles. The van der Waals surface area contributed by atoms with E-state index >= 15 is 0 Å². The van der Waals surface area contributed by atoms with Crippen LogP contribution in [0.5, 0.6) is 0 Å². The molecule has 0 radical (unpaired) electrons. The summed E-state index contributed by atoms with van der Waals surface area (Å²) in [5, 5.41) is 11.8. The monoisotopic (exact) mass is 158 g/mol. The topological polar surface area (TPSA) is 63.8 Å². The highest BCUT2D eigenvalue weighted by Gasteiger charge is 1.96. The van der Waals surface area contributed by atoms with E-state index in [9.17, 15) is 0 Å². The first-order chi connectivity index (χ1) is 4.83.